The first-order valence-corrected chi connectivity index (χ1v) is 20.3. The molecule has 8 aromatic heterocycles. The van der Waals surface area contributed by atoms with Gasteiger partial charge in [0.15, 0.2) is 22.9 Å². The highest BCUT2D eigenvalue weighted by Crippen LogP contribution is 2.37. The van der Waals surface area contributed by atoms with Gasteiger partial charge in [-0.05, 0) is 122 Å². The number of nitrogens with zero attached hydrogens (tertiary/aromatic N) is 13. The van der Waals surface area contributed by atoms with E-state index < -0.39 is 0 Å². The number of hydrogen-bond acceptors (Lipinski definition) is 13. The summed E-state index contributed by atoms with van der Waals surface area (Å²) in [4.78, 5) is 35.9. The first kappa shape index (κ1) is 41.7. The summed E-state index contributed by atoms with van der Waals surface area (Å²) < 4.78 is 30.1. The molecule has 0 saturated carbocycles. The Morgan fingerprint density at radius 1 is 0.569 bits per heavy atom. The van der Waals surface area contributed by atoms with E-state index in [2.05, 4.69) is 40.1 Å². The summed E-state index contributed by atoms with van der Waals surface area (Å²) in [5.74, 6) is 0.655. The Bertz CT molecular complexity index is 3440. The third-order valence-electron chi connectivity index (χ3n) is 10.1. The van der Waals surface area contributed by atoms with Crippen molar-refractivity contribution < 1.29 is 8.78 Å². The standard InChI is InChI=1S/C24H17FN8.C23H17ClFN7/c1-14-11-16(9-10-28-14)21-22(15-5-7-17(25)8-6-15)31-24(27)33-23(21)30-20(32-33)12-18-3-2-4-19(13-26)29-18;1-13-11-15(9-10-27-13)20-21(14-5-7-16(25)8-6-14)30-23(26)32-22(20)29-19(31-32)12-17-3-2-4-18(24)28-17/h2-11H,12H2,1H3,(H2,27,31);2-11H,12H2,1H3,(H2,26,30). The molecule has 10 rings (SSSR count). The minimum atomic E-state index is -0.342. The number of nitrogen functional groups attached to an aromatic ring is 2. The molecule has 15 nitrogen and oxygen atoms in total. The van der Waals surface area contributed by atoms with Crippen molar-refractivity contribution in [3.05, 3.63) is 178 Å². The van der Waals surface area contributed by atoms with Gasteiger partial charge in [-0.2, -0.15) is 14.3 Å². The summed E-state index contributed by atoms with van der Waals surface area (Å²) >= 11 is 6.02. The zero-order chi connectivity index (χ0) is 45.2. The monoisotopic (exact) mass is 881 g/mol. The fraction of sp³-hybridized carbons (Fsp3) is 0.0851. The highest BCUT2D eigenvalue weighted by Gasteiger charge is 2.22. The second-order valence-electron chi connectivity index (χ2n) is 14.7. The molecule has 18 heteroatoms. The molecule has 4 N–H and O–H groups in total. The van der Waals surface area contributed by atoms with Crippen molar-refractivity contribution in [2.45, 2.75) is 26.7 Å². The maximum atomic E-state index is 13.6. The number of nitrogens with two attached hydrogens (primary N) is 2. The summed E-state index contributed by atoms with van der Waals surface area (Å²) in [5, 5.41) is 18.6. The largest absolute Gasteiger partial charge is 0.368 e. The van der Waals surface area contributed by atoms with E-state index in [1.807, 2.05) is 62.4 Å². The van der Waals surface area contributed by atoms with Crippen molar-refractivity contribution >= 4 is 34.8 Å². The van der Waals surface area contributed by atoms with E-state index in [4.69, 9.17) is 38.3 Å². The lowest BCUT2D eigenvalue weighted by molar-refractivity contribution is 0.627. The van der Waals surface area contributed by atoms with Crippen LogP contribution in [0.3, 0.4) is 0 Å². The molecule has 0 spiro atoms. The van der Waals surface area contributed by atoms with Crippen molar-refractivity contribution in [2.75, 3.05) is 11.5 Å². The number of fused-ring (bicyclic) bond motifs is 2. The van der Waals surface area contributed by atoms with Crippen molar-refractivity contribution in [3.8, 4) is 50.8 Å². The Labute approximate surface area is 374 Å². The minimum absolute atomic E-state index is 0.149. The van der Waals surface area contributed by atoms with E-state index in [1.165, 1.54) is 33.3 Å². The number of anilines is 2. The second-order valence-corrected chi connectivity index (χ2v) is 15.1. The topological polar surface area (TPSA) is 214 Å². The van der Waals surface area contributed by atoms with Gasteiger partial charge in [0.2, 0.25) is 11.9 Å². The molecule has 10 aromatic rings. The van der Waals surface area contributed by atoms with Crippen LogP contribution in [0.4, 0.5) is 20.7 Å². The van der Waals surface area contributed by atoms with Gasteiger partial charge in [-0.25, -0.2) is 38.7 Å². The van der Waals surface area contributed by atoms with E-state index in [9.17, 15) is 8.78 Å². The molecule has 0 amide bonds. The van der Waals surface area contributed by atoms with Gasteiger partial charge in [-0.3, -0.25) is 9.97 Å². The third-order valence-corrected chi connectivity index (χ3v) is 10.3. The van der Waals surface area contributed by atoms with Gasteiger partial charge < -0.3 is 11.5 Å². The molecule has 8 heterocycles. The molecule has 0 aliphatic carbocycles. The number of halogens is 3. The van der Waals surface area contributed by atoms with E-state index in [0.717, 1.165) is 33.8 Å². The number of pyridine rings is 4. The fourth-order valence-corrected chi connectivity index (χ4v) is 7.41. The smallest absolute Gasteiger partial charge is 0.223 e. The van der Waals surface area contributed by atoms with Crippen LogP contribution in [0, 0.1) is 36.8 Å². The average Bonchev–Trinajstić information content (AvgIpc) is 3.92. The van der Waals surface area contributed by atoms with Crippen LogP contribution in [0.1, 0.15) is 40.1 Å². The second kappa shape index (κ2) is 17.6. The Kier molecular flexibility index (Phi) is 11.3. The van der Waals surface area contributed by atoms with Crippen molar-refractivity contribution in [1.82, 2.24) is 59.1 Å². The predicted molar refractivity (Wildman–Crippen MR) is 241 cm³/mol. The summed E-state index contributed by atoms with van der Waals surface area (Å²) in [6.07, 6.45) is 4.12. The third kappa shape index (κ3) is 8.87. The molecular weight excluding hydrogens is 848 g/mol. The summed E-state index contributed by atoms with van der Waals surface area (Å²) in [6, 6.07) is 32.4. The lowest BCUT2D eigenvalue weighted by Crippen LogP contribution is -2.06. The Morgan fingerprint density at radius 3 is 1.48 bits per heavy atom. The fourth-order valence-electron chi connectivity index (χ4n) is 7.23. The van der Waals surface area contributed by atoms with Gasteiger partial charge in [-0.15, -0.1) is 10.2 Å². The number of aryl methyl sites for hydroxylation is 2. The number of rotatable bonds is 8. The number of hydrogen-bond donors (Lipinski definition) is 2. The Morgan fingerprint density at radius 2 is 1.03 bits per heavy atom. The molecule has 0 radical (unpaired) electrons. The van der Waals surface area contributed by atoms with Gasteiger partial charge in [-0.1, -0.05) is 23.7 Å². The van der Waals surface area contributed by atoms with Crippen molar-refractivity contribution in [3.63, 3.8) is 0 Å². The molecule has 65 heavy (non-hydrogen) atoms. The SMILES string of the molecule is Cc1cc(-c2c(-c3ccc(F)cc3)nc(N)n3nc(Cc4cccc(C#N)n4)nc23)ccn1.Cc1cc(-c2c(-c3ccc(F)cc3)nc(N)n3nc(Cc4cccc(Cl)n4)nc23)ccn1. The lowest BCUT2D eigenvalue weighted by atomic mass is 10.0. The van der Waals surface area contributed by atoms with E-state index in [1.54, 1.807) is 54.9 Å². The van der Waals surface area contributed by atoms with Crippen LogP contribution < -0.4 is 11.5 Å². The molecule has 0 bridgehead atoms. The van der Waals surface area contributed by atoms with E-state index in [-0.39, 0.29) is 23.5 Å². The molecule has 0 atom stereocenters. The summed E-state index contributed by atoms with van der Waals surface area (Å²) in [6.45, 7) is 3.80. The van der Waals surface area contributed by atoms with Gasteiger partial charge in [0.05, 0.1) is 35.4 Å². The van der Waals surface area contributed by atoms with Crippen LogP contribution in [-0.4, -0.2) is 59.1 Å². The molecule has 0 saturated heterocycles. The highest BCUT2D eigenvalue weighted by atomic mass is 35.5. The van der Waals surface area contributed by atoms with Crippen LogP contribution in [0.2, 0.25) is 5.15 Å². The van der Waals surface area contributed by atoms with Crippen molar-refractivity contribution in [2.24, 2.45) is 0 Å². The first-order chi connectivity index (χ1) is 31.5. The van der Waals surface area contributed by atoms with E-state index in [0.29, 0.717) is 80.4 Å². The molecule has 0 aliphatic heterocycles. The van der Waals surface area contributed by atoms with Crippen LogP contribution in [0.15, 0.2) is 122 Å². The number of nitriles is 1. The minimum Gasteiger partial charge on any atom is -0.368 e. The molecule has 2 aromatic carbocycles. The maximum absolute atomic E-state index is 13.6. The first-order valence-electron chi connectivity index (χ1n) is 20.0. The molecule has 318 valence electrons. The quantitative estimate of drug-likeness (QED) is 0.138. The van der Waals surface area contributed by atoms with Gasteiger partial charge >= 0.3 is 0 Å². The van der Waals surface area contributed by atoms with Crippen LogP contribution in [0.25, 0.3) is 56.1 Å². The van der Waals surface area contributed by atoms with Crippen molar-refractivity contribution in [1.29, 1.82) is 5.26 Å². The van der Waals surface area contributed by atoms with Crippen LogP contribution in [0.5, 0.6) is 0 Å². The zero-order valence-corrected chi connectivity index (χ0v) is 35.3. The summed E-state index contributed by atoms with van der Waals surface area (Å²) in [7, 11) is 0. The van der Waals surface area contributed by atoms with Gasteiger partial charge in [0, 0.05) is 46.3 Å². The maximum Gasteiger partial charge on any atom is 0.223 e. The molecule has 0 fully saturated rings. The average molecular weight is 882 g/mol. The number of aromatic nitrogens is 12. The predicted octanol–water partition coefficient (Wildman–Crippen LogP) is 8.26. The Hall–Kier alpha value is -8.62. The Balaban J connectivity index is 0.000000164. The zero-order valence-electron chi connectivity index (χ0n) is 34.6. The van der Waals surface area contributed by atoms with E-state index >= 15 is 0 Å². The molecule has 0 aliphatic rings. The highest BCUT2D eigenvalue weighted by molar-refractivity contribution is 6.29. The molecule has 0 unspecified atom stereocenters. The van der Waals surface area contributed by atoms with Gasteiger partial charge in [0.25, 0.3) is 0 Å². The normalized spacial score (nSPS) is 11.1. The molecular formula is C47H34ClF2N15. The lowest BCUT2D eigenvalue weighted by Gasteiger charge is -2.12. The number of benzene rings is 2. The van der Waals surface area contributed by atoms with Crippen LogP contribution >= 0.6 is 11.6 Å². The van der Waals surface area contributed by atoms with Gasteiger partial charge in [0.1, 0.15) is 28.6 Å². The van der Waals surface area contributed by atoms with Crippen LogP contribution in [-0.2, 0) is 12.8 Å². The summed E-state index contributed by atoms with van der Waals surface area (Å²) in [5.41, 5.74) is 22.6.